The highest BCUT2D eigenvalue weighted by Gasteiger charge is 2.32. The van der Waals surface area contributed by atoms with Crippen molar-refractivity contribution in [2.45, 2.75) is 19.4 Å². The van der Waals surface area contributed by atoms with Gasteiger partial charge in [-0.05, 0) is 41.0 Å². The second-order valence-electron chi connectivity index (χ2n) is 8.20. The van der Waals surface area contributed by atoms with Crippen LogP contribution >= 0.6 is 0 Å². The van der Waals surface area contributed by atoms with Crippen LogP contribution in [0.15, 0.2) is 60.7 Å². The maximum absolute atomic E-state index is 13.2. The molecule has 1 aliphatic rings. The molecular formula is C28H25NO5. The molecule has 1 amide bonds. The first-order valence-electron chi connectivity index (χ1n) is 11.2. The summed E-state index contributed by atoms with van der Waals surface area (Å²) in [6, 6.07) is 19.6. The summed E-state index contributed by atoms with van der Waals surface area (Å²) in [5.41, 5.74) is 2.53. The monoisotopic (exact) mass is 455 g/mol. The average molecular weight is 456 g/mol. The third kappa shape index (κ3) is 3.52. The standard InChI is InChI=1S/C28H25NO5/c1-32-23-16-19-15-22-25-20(11-8-12-21(25)28(31)29(22)13-6-7-14-30)24(19)27(33-2)26(23)34-17-18-9-4-3-5-10-18/h3-5,8-12,14-16H,6-7,13,17H2,1-2H3. The van der Waals surface area contributed by atoms with Crippen LogP contribution in [0.2, 0.25) is 0 Å². The Morgan fingerprint density at radius 3 is 2.47 bits per heavy atom. The summed E-state index contributed by atoms with van der Waals surface area (Å²) in [4.78, 5) is 25.8. The van der Waals surface area contributed by atoms with Crippen molar-refractivity contribution in [3.05, 3.63) is 71.8 Å². The molecule has 0 aromatic heterocycles. The van der Waals surface area contributed by atoms with E-state index in [2.05, 4.69) is 0 Å². The number of carbonyl (C=O) groups is 2. The molecule has 172 valence electrons. The van der Waals surface area contributed by atoms with Crippen LogP contribution in [0.4, 0.5) is 5.69 Å². The molecule has 0 N–H and O–H groups in total. The number of fused-ring (bicyclic) bond motifs is 2. The number of ether oxygens (including phenoxy) is 3. The van der Waals surface area contributed by atoms with Crippen molar-refractivity contribution in [2.24, 2.45) is 0 Å². The molecule has 6 nitrogen and oxygen atoms in total. The first kappa shape index (κ1) is 21.8. The molecule has 1 heterocycles. The molecule has 4 aromatic rings. The molecule has 0 unspecified atom stereocenters. The van der Waals surface area contributed by atoms with E-state index in [1.165, 1.54) is 0 Å². The molecule has 0 radical (unpaired) electrons. The number of rotatable bonds is 9. The lowest BCUT2D eigenvalue weighted by atomic mass is 9.97. The van der Waals surface area contributed by atoms with Gasteiger partial charge in [0, 0.05) is 29.3 Å². The number of nitrogens with zero attached hydrogens (tertiary/aromatic N) is 1. The Morgan fingerprint density at radius 1 is 0.912 bits per heavy atom. The lowest BCUT2D eigenvalue weighted by Crippen LogP contribution is -2.27. The van der Waals surface area contributed by atoms with Gasteiger partial charge in [0.1, 0.15) is 12.9 Å². The number of benzene rings is 4. The van der Waals surface area contributed by atoms with Crippen molar-refractivity contribution in [1.29, 1.82) is 0 Å². The van der Waals surface area contributed by atoms with Crippen molar-refractivity contribution in [2.75, 3.05) is 25.7 Å². The quantitative estimate of drug-likeness (QED) is 0.189. The number of anilines is 1. The van der Waals surface area contributed by atoms with Crippen LogP contribution in [-0.4, -0.2) is 33.0 Å². The predicted octanol–water partition coefficient (Wildman–Crippen LogP) is 5.53. The fraction of sp³-hybridized carbons (Fsp3) is 0.214. The van der Waals surface area contributed by atoms with Crippen molar-refractivity contribution < 1.29 is 23.8 Å². The van der Waals surface area contributed by atoms with E-state index in [4.69, 9.17) is 14.2 Å². The van der Waals surface area contributed by atoms with Gasteiger partial charge >= 0.3 is 0 Å². The largest absolute Gasteiger partial charge is 0.493 e. The summed E-state index contributed by atoms with van der Waals surface area (Å²) in [6.07, 6.45) is 1.92. The number of methoxy groups -OCH3 is 2. The summed E-state index contributed by atoms with van der Waals surface area (Å²) in [5, 5.41) is 3.56. The molecule has 4 aromatic carbocycles. The molecule has 1 aliphatic heterocycles. The van der Waals surface area contributed by atoms with Gasteiger partial charge in [-0.2, -0.15) is 0 Å². The smallest absolute Gasteiger partial charge is 0.258 e. The highest BCUT2D eigenvalue weighted by atomic mass is 16.5. The molecule has 0 fully saturated rings. The summed E-state index contributed by atoms with van der Waals surface area (Å²) >= 11 is 0. The topological polar surface area (TPSA) is 65.1 Å². The van der Waals surface area contributed by atoms with Crippen LogP contribution in [0, 0.1) is 0 Å². The van der Waals surface area contributed by atoms with Gasteiger partial charge in [0.2, 0.25) is 5.75 Å². The number of amides is 1. The summed E-state index contributed by atoms with van der Waals surface area (Å²) < 4.78 is 17.8. The van der Waals surface area contributed by atoms with Crippen LogP contribution in [0.5, 0.6) is 17.2 Å². The second-order valence-corrected chi connectivity index (χ2v) is 8.20. The Hall–Kier alpha value is -4.06. The summed E-state index contributed by atoms with van der Waals surface area (Å²) in [5.74, 6) is 1.60. The van der Waals surface area contributed by atoms with E-state index >= 15 is 0 Å². The first-order chi connectivity index (χ1) is 16.7. The molecule has 6 heteroatoms. The first-order valence-corrected chi connectivity index (χ1v) is 11.2. The lowest BCUT2D eigenvalue weighted by Gasteiger charge is -2.20. The van der Waals surface area contributed by atoms with Crippen LogP contribution in [-0.2, 0) is 11.4 Å². The van der Waals surface area contributed by atoms with E-state index in [-0.39, 0.29) is 5.91 Å². The number of hydrogen-bond donors (Lipinski definition) is 0. The van der Waals surface area contributed by atoms with Gasteiger partial charge in [-0.3, -0.25) is 4.79 Å². The third-order valence-corrected chi connectivity index (χ3v) is 6.23. The molecule has 0 saturated carbocycles. The number of hydrogen-bond acceptors (Lipinski definition) is 5. The molecule has 0 saturated heterocycles. The second kappa shape index (κ2) is 9.06. The minimum Gasteiger partial charge on any atom is -0.493 e. The van der Waals surface area contributed by atoms with Gasteiger partial charge in [-0.1, -0.05) is 42.5 Å². The normalized spacial score (nSPS) is 12.4. The van der Waals surface area contributed by atoms with E-state index < -0.39 is 0 Å². The molecule has 5 rings (SSSR count). The number of aldehydes is 1. The Bertz CT molecular complexity index is 1400. The van der Waals surface area contributed by atoms with Crippen molar-refractivity contribution in [3.63, 3.8) is 0 Å². The zero-order valence-corrected chi connectivity index (χ0v) is 19.2. The van der Waals surface area contributed by atoms with Gasteiger partial charge in [0.15, 0.2) is 11.5 Å². The molecular weight excluding hydrogens is 430 g/mol. The fourth-order valence-electron chi connectivity index (χ4n) is 4.70. The highest BCUT2D eigenvalue weighted by molar-refractivity contribution is 6.30. The van der Waals surface area contributed by atoms with Gasteiger partial charge in [-0.15, -0.1) is 0 Å². The van der Waals surface area contributed by atoms with Gasteiger partial charge in [0.25, 0.3) is 5.91 Å². The lowest BCUT2D eigenvalue weighted by molar-refractivity contribution is -0.107. The molecule has 0 aliphatic carbocycles. The Labute approximate surface area is 197 Å². The fourth-order valence-corrected chi connectivity index (χ4v) is 4.70. The van der Waals surface area contributed by atoms with Gasteiger partial charge in [0.05, 0.1) is 19.9 Å². The third-order valence-electron chi connectivity index (χ3n) is 6.23. The minimum absolute atomic E-state index is 0.0479. The zero-order chi connectivity index (χ0) is 23.7. The number of carbonyl (C=O) groups excluding carboxylic acids is 2. The van der Waals surface area contributed by atoms with Crippen LogP contribution in [0.25, 0.3) is 21.5 Å². The zero-order valence-electron chi connectivity index (χ0n) is 19.2. The minimum atomic E-state index is -0.0479. The Morgan fingerprint density at radius 2 is 1.74 bits per heavy atom. The highest BCUT2D eigenvalue weighted by Crippen LogP contribution is 2.50. The SMILES string of the molecule is COc1cc2cc3c4c(cccc4c2c(OC)c1OCc1ccccc1)C(=O)N3CCCC=O. The summed E-state index contributed by atoms with van der Waals surface area (Å²) in [6.45, 7) is 0.850. The maximum Gasteiger partial charge on any atom is 0.258 e. The van der Waals surface area contributed by atoms with E-state index in [0.29, 0.717) is 48.8 Å². The molecule has 0 bridgehead atoms. The summed E-state index contributed by atoms with van der Waals surface area (Å²) in [7, 11) is 3.22. The van der Waals surface area contributed by atoms with Crippen molar-refractivity contribution in [3.8, 4) is 17.2 Å². The van der Waals surface area contributed by atoms with Crippen LogP contribution < -0.4 is 19.1 Å². The molecule has 0 spiro atoms. The maximum atomic E-state index is 13.2. The van der Waals surface area contributed by atoms with Gasteiger partial charge in [-0.25, -0.2) is 0 Å². The Balaban J connectivity index is 1.70. The van der Waals surface area contributed by atoms with Crippen molar-refractivity contribution >= 4 is 39.4 Å². The average Bonchev–Trinajstić information content (AvgIpc) is 3.14. The van der Waals surface area contributed by atoms with E-state index in [1.54, 1.807) is 19.1 Å². The van der Waals surface area contributed by atoms with Crippen LogP contribution in [0.1, 0.15) is 28.8 Å². The van der Waals surface area contributed by atoms with Crippen LogP contribution in [0.3, 0.4) is 0 Å². The number of unbranched alkanes of at least 4 members (excludes halogenated alkanes) is 1. The van der Waals surface area contributed by atoms with E-state index in [9.17, 15) is 9.59 Å². The predicted molar refractivity (Wildman–Crippen MR) is 132 cm³/mol. The van der Waals surface area contributed by atoms with E-state index in [0.717, 1.165) is 39.1 Å². The van der Waals surface area contributed by atoms with Gasteiger partial charge < -0.3 is 23.9 Å². The van der Waals surface area contributed by atoms with Crippen molar-refractivity contribution in [1.82, 2.24) is 0 Å². The molecule has 34 heavy (non-hydrogen) atoms. The molecule has 0 atom stereocenters. The Kier molecular flexibility index (Phi) is 5.80. The van der Waals surface area contributed by atoms with E-state index in [1.807, 2.05) is 60.7 Å².